The Kier molecular flexibility index (Phi) is 6.37. The van der Waals surface area contributed by atoms with E-state index in [0.717, 1.165) is 28.1 Å². The van der Waals surface area contributed by atoms with Gasteiger partial charge in [0.15, 0.2) is 13.1 Å². The predicted molar refractivity (Wildman–Crippen MR) is 84.5 cm³/mol. The van der Waals surface area contributed by atoms with Crippen molar-refractivity contribution in [1.29, 1.82) is 0 Å². The van der Waals surface area contributed by atoms with Gasteiger partial charge in [-0.1, -0.05) is 25.1 Å². The van der Waals surface area contributed by atoms with E-state index in [1.165, 1.54) is 4.90 Å². The van der Waals surface area contributed by atoms with Gasteiger partial charge in [-0.2, -0.15) is 0 Å². The highest BCUT2D eigenvalue weighted by atomic mass is 16.2. The topological polar surface area (TPSA) is 53.9 Å². The largest absolute Gasteiger partial charge is 0.344 e. The molecule has 1 rings (SSSR count). The normalized spacial score (nSPS) is 11.9. The molecule has 116 valence electrons. The number of hydrogen-bond acceptors (Lipinski definition) is 2. The number of amides is 2. The number of hydrogen-bond donors (Lipinski definition) is 2. The molecule has 0 bridgehead atoms. The SMILES string of the molecule is CCc1cccc(C)c1NC(=O)C[NH+](C)CC(=O)N(C)C. The van der Waals surface area contributed by atoms with Gasteiger partial charge in [0.1, 0.15) is 0 Å². The molecule has 1 atom stereocenters. The Bertz CT molecular complexity index is 512. The van der Waals surface area contributed by atoms with Gasteiger partial charge < -0.3 is 15.1 Å². The quantitative estimate of drug-likeness (QED) is 0.781. The van der Waals surface area contributed by atoms with Gasteiger partial charge in [-0.3, -0.25) is 9.59 Å². The van der Waals surface area contributed by atoms with Crippen molar-refractivity contribution < 1.29 is 14.5 Å². The molecular formula is C16H26N3O2+. The van der Waals surface area contributed by atoms with Crippen LogP contribution < -0.4 is 10.2 Å². The lowest BCUT2D eigenvalue weighted by atomic mass is 10.1. The van der Waals surface area contributed by atoms with E-state index in [0.29, 0.717) is 6.54 Å². The molecule has 5 heteroatoms. The molecular weight excluding hydrogens is 266 g/mol. The minimum absolute atomic E-state index is 0.0189. The average molecular weight is 292 g/mol. The van der Waals surface area contributed by atoms with Crippen LogP contribution in [0.2, 0.25) is 0 Å². The van der Waals surface area contributed by atoms with E-state index in [4.69, 9.17) is 0 Å². The number of benzene rings is 1. The standard InChI is InChI=1S/C16H25N3O2/c1-6-13-9-7-8-12(2)16(13)17-14(20)10-19(5)11-15(21)18(3)4/h7-9H,6,10-11H2,1-5H3,(H,17,20)/p+1. The maximum absolute atomic E-state index is 12.1. The van der Waals surface area contributed by atoms with Crippen LogP contribution in [-0.4, -0.2) is 50.9 Å². The maximum atomic E-state index is 12.1. The zero-order chi connectivity index (χ0) is 16.0. The lowest BCUT2D eigenvalue weighted by Gasteiger charge is -2.17. The van der Waals surface area contributed by atoms with Crippen LogP contribution in [0.25, 0.3) is 0 Å². The number of nitrogens with zero attached hydrogens (tertiary/aromatic N) is 1. The van der Waals surface area contributed by atoms with Crippen LogP contribution in [0.3, 0.4) is 0 Å². The van der Waals surface area contributed by atoms with Gasteiger partial charge in [0.2, 0.25) is 0 Å². The van der Waals surface area contributed by atoms with E-state index in [9.17, 15) is 9.59 Å². The highest BCUT2D eigenvalue weighted by molar-refractivity contribution is 5.93. The number of carbonyl (C=O) groups excluding carboxylic acids is 2. The van der Waals surface area contributed by atoms with E-state index in [-0.39, 0.29) is 18.4 Å². The van der Waals surface area contributed by atoms with Gasteiger partial charge >= 0.3 is 0 Å². The number of quaternary nitrogens is 1. The summed E-state index contributed by atoms with van der Waals surface area (Å²) in [6, 6.07) is 6.01. The number of para-hydroxylation sites is 1. The Balaban J connectivity index is 2.64. The van der Waals surface area contributed by atoms with Crippen LogP contribution in [-0.2, 0) is 16.0 Å². The van der Waals surface area contributed by atoms with Crippen molar-refractivity contribution in [3.05, 3.63) is 29.3 Å². The van der Waals surface area contributed by atoms with Crippen LogP contribution >= 0.6 is 0 Å². The van der Waals surface area contributed by atoms with Gasteiger partial charge in [0.25, 0.3) is 11.8 Å². The fourth-order valence-corrected chi connectivity index (χ4v) is 2.14. The molecule has 2 N–H and O–H groups in total. The number of carbonyl (C=O) groups is 2. The molecule has 0 saturated carbocycles. The van der Waals surface area contributed by atoms with Crippen LogP contribution in [0.1, 0.15) is 18.1 Å². The lowest BCUT2D eigenvalue weighted by Crippen LogP contribution is -3.11. The summed E-state index contributed by atoms with van der Waals surface area (Å²) in [7, 11) is 5.28. The Morgan fingerprint density at radius 1 is 1.24 bits per heavy atom. The molecule has 2 amide bonds. The molecule has 0 fully saturated rings. The number of nitrogens with one attached hydrogen (secondary N) is 2. The van der Waals surface area contributed by atoms with Crippen molar-refractivity contribution in [3.8, 4) is 0 Å². The second kappa shape index (κ2) is 7.78. The summed E-state index contributed by atoms with van der Waals surface area (Å²) in [6.07, 6.45) is 0.874. The van der Waals surface area contributed by atoms with E-state index >= 15 is 0 Å². The van der Waals surface area contributed by atoms with E-state index in [1.807, 2.05) is 32.2 Å². The lowest BCUT2D eigenvalue weighted by molar-refractivity contribution is -0.862. The van der Waals surface area contributed by atoms with Gasteiger partial charge in [-0.05, 0) is 24.5 Å². The minimum atomic E-state index is -0.0666. The molecule has 21 heavy (non-hydrogen) atoms. The molecule has 1 aromatic carbocycles. The Morgan fingerprint density at radius 2 is 1.90 bits per heavy atom. The Labute approximate surface area is 126 Å². The number of anilines is 1. The molecule has 0 aromatic heterocycles. The third-order valence-corrected chi connectivity index (χ3v) is 3.42. The van der Waals surface area contributed by atoms with Crippen molar-refractivity contribution in [3.63, 3.8) is 0 Å². The fraction of sp³-hybridized carbons (Fsp3) is 0.500. The molecule has 0 heterocycles. The predicted octanol–water partition coefficient (Wildman–Crippen LogP) is 0.0988. The van der Waals surface area contributed by atoms with E-state index < -0.39 is 0 Å². The zero-order valence-electron chi connectivity index (χ0n) is 13.6. The molecule has 1 unspecified atom stereocenters. The minimum Gasteiger partial charge on any atom is -0.344 e. The summed E-state index contributed by atoms with van der Waals surface area (Å²) >= 11 is 0. The third-order valence-electron chi connectivity index (χ3n) is 3.42. The van der Waals surface area contributed by atoms with Gasteiger partial charge in [-0.25, -0.2) is 0 Å². The maximum Gasteiger partial charge on any atom is 0.279 e. The summed E-state index contributed by atoms with van der Waals surface area (Å²) in [6.45, 7) is 4.64. The molecule has 0 aliphatic heterocycles. The first kappa shape index (κ1) is 17.2. The average Bonchev–Trinajstić information content (AvgIpc) is 2.40. The highest BCUT2D eigenvalue weighted by Gasteiger charge is 2.16. The molecule has 0 radical (unpaired) electrons. The van der Waals surface area contributed by atoms with Gasteiger partial charge in [0.05, 0.1) is 7.05 Å². The van der Waals surface area contributed by atoms with Crippen LogP contribution in [0, 0.1) is 6.92 Å². The zero-order valence-corrected chi connectivity index (χ0v) is 13.6. The third kappa shape index (κ3) is 5.19. The van der Waals surface area contributed by atoms with Crippen molar-refractivity contribution in [2.45, 2.75) is 20.3 Å². The first-order valence-corrected chi connectivity index (χ1v) is 7.25. The second-order valence-corrected chi connectivity index (χ2v) is 5.61. The molecule has 1 aromatic rings. The molecule has 0 spiro atoms. The first-order chi connectivity index (χ1) is 9.85. The van der Waals surface area contributed by atoms with Crippen LogP contribution in [0.4, 0.5) is 5.69 Å². The monoisotopic (exact) mass is 292 g/mol. The van der Waals surface area contributed by atoms with E-state index in [2.05, 4.69) is 12.2 Å². The Hall–Kier alpha value is -1.88. The Morgan fingerprint density at radius 3 is 2.48 bits per heavy atom. The summed E-state index contributed by atoms with van der Waals surface area (Å²) in [5.74, 6) is -0.0477. The molecule has 0 aliphatic rings. The summed E-state index contributed by atoms with van der Waals surface area (Å²) < 4.78 is 0. The summed E-state index contributed by atoms with van der Waals surface area (Å²) in [5, 5.41) is 2.98. The summed E-state index contributed by atoms with van der Waals surface area (Å²) in [4.78, 5) is 26.2. The smallest absolute Gasteiger partial charge is 0.279 e. The second-order valence-electron chi connectivity index (χ2n) is 5.61. The number of likely N-dealkylation sites (N-methyl/N-ethyl adjacent to an activating group) is 2. The van der Waals surface area contributed by atoms with Crippen molar-refractivity contribution in [2.75, 3.05) is 39.5 Å². The van der Waals surface area contributed by atoms with Crippen molar-refractivity contribution in [2.24, 2.45) is 0 Å². The van der Waals surface area contributed by atoms with E-state index in [1.54, 1.807) is 14.1 Å². The highest BCUT2D eigenvalue weighted by Crippen LogP contribution is 2.20. The van der Waals surface area contributed by atoms with Crippen LogP contribution in [0.5, 0.6) is 0 Å². The fourth-order valence-electron chi connectivity index (χ4n) is 2.14. The summed E-state index contributed by atoms with van der Waals surface area (Å²) in [5.41, 5.74) is 3.09. The first-order valence-electron chi connectivity index (χ1n) is 7.25. The molecule has 0 saturated heterocycles. The van der Waals surface area contributed by atoms with Crippen molar-refractivity contribution >= 4 is 17.5 Å². The number of aryl methyl sites for hydroxylation is 2. The molecule has 0 aliphatic carbocycles. The van der Waals surface area contributed by atoms with Crippen LogP contribution in [0.15, 0.2) is 18.2 Å². The van der Waals surface area contributed by atoms with Crippen molar-refractivity contribution in [1.82, 2.24) is 4.90 Å². The van der Waals surface area contributed by atoms with Gasteiger partial charge in [0, 0.05) is 19.8 Å². The number of rotatable bonds is 6. The van der Waals surface area contributed by atoms with Gasteiger partial charge in [-0.15, -0.1) is 0 Å². The molecule has 5 nitrogen and oxygen atoms in total.